The molecule has 0 saturated heterocycles. The summed E-state index contributed by atoms with van der Waals surface area (Å²) in [6, 6.07) is 6.99. The van der Waals surface area contributed by atoms with E-state index in [0.29, 0.717) is 6.07 Å². The molecule has 0 aliphatic heterocycles. The molecule has 0 bridgehead atoms. The van der Waals surface area contributed by atoms with Crippen LogP contribution in [0, 0.1) is 11.6 Å². The second kappa shape index (κ2) is 7.75. The molecule has 0 spiro atoms. The topological polar surface area (TPSA) is 59.9 Å². The number of anilines is 2. The van der Waals surface area contributed by atoms with Gasteiger partial charge in [-0.3, -0.25) is 0 Å². The Morgan fingerprint density at radius 2 is 1.68 bits per heavy atom. The maximum absolute atomic E-state index is 13.5. The van der Waals surface area contributed by atoms with Crippen LogP contribution in [0.25, 0.3) is 11.4 Å². The Bertz CT molecular complexity index is 974. The molecule has 10 heteroatoms. The number of benzene rings is 2. The van der Waals surface area contributed by atoms with Crippen LogP contribution in [0.2, 0.25) is 0 Å². The van der Waals surface area contributed by atoms with E-state index >= 15 is 0 Å². The van der Waals surface area contributed by atoms with Gasteiger partial charge < -0.3 is 10.1 Å². The quantitative estimate of drug-likeness (QED) is 0.617. The van der Waals surface area contributed by atoms with Crippen molar-refractivity contribution in [3.8, 4) is 17.4 Å². The number of alkyl halides is 3. The van der Waals surface area contributed by atoms with Crippen molar-refractivity contribution in [1.29, 1.82) is 0 Å². The summed E-state index contributed by atoms with van der Waals surface area (Å²) in [5.41, 5.74) is -0.767. The molecule has 5 nitrogen and oxygen atoms in total. The summed E-state index contributed by atoms with van der Waals surface area (Å²) < 4.78 is 70.8. The lowest BCUT2D eigenvalue weighted by molar-refractivity contribution is -0.137. The highest BCUT2D eigenvalue weighted by molar-refractivity contribution is 5.60. The van der Waals surface area contributed by atoms with E-state index < -0.39 is 23.4 Å². The van der Waals surface area contributed by atoms with Crippen LogP contribution in [0.5, 0.6) is 6.01 Å². The molecule has 0 saturated carbocycles. The van der Waals surface area contributed by atoms with E-state index in [2.05, 4.69) is 20.3 Å². The predicted octanol–water partition coefficient (Wildman–Crippen LogP) is 4.98. The molecular formula is C18H13F5N4O. The highest BCUT2D eigenvalue weighted by Gasteiger charge is 2.30. The molecule has 28 heavy (non-hydrogen) atoms. The fourth-order valence-corrected chi connectivity index (χ4v) is 2.32. The third-order valence-electron chi connectivity index (χ3n) is 3.46. The number of rotatable bonds is 5. The summed E-state index contributed by atoms with van der Waals surface area (Å²) in [5.74, 6) is -1.91. The number of hydrogen-bond donors (Lipinski definition) is 1. The largest absolute Gasteiger partial charge is 0.464 e. The maximum Gasteiger partial charge on any atom is 0.416 e. The van der Waals surface area contributed by atoms with Crippen LogP contribution in [0.4, 0.5) is 33.6 Å². The van der Waals surface area contributed by atoms with Gasteiger partial charge in [-0.05, 0) is 37.3 Å². The Kier molecular flexibility index (Phi) is 5.39. The Morgan fingerprint density at radius 3 is 2.32 bits per heavy atom. The van der Waals surface area contributed by atoms with E-state index in [9.17, 15) is 22.0 Å². The van der Waals surface area contributed by atoms with Crippen molar-refractivity contribution < 1.29 is 26.7 Å². The third kappa shape index (κ3) is 4.70. The average Bonchev–Trinajstić information content (AvgIpc) is 2.60. The van der Waals surface area contributed by atoms with Gasteiger partial charge in [0.05, 0.1) is 12.2 Å². The van der Waals surface area contributed by atoms with Crippen LogP contribution >= 0.6 is 0 Å². The maximum atomic E-state index is 13.5. The summed E-state index contributed by atoms with van der Waals surface area (Å²) in [5, 5.41) is 2.62. The molecule has 3 aromatic rings. The van der Waals surface area contributed by atoms with E-state index in [1.807, 2.05) is 0 Å². The molecule has 3 rings (SSSR count). The Hall–Kier alpha value is -3.30. The van der Waals surface area contributed by atoms with Crippen molar-refractivity contribution in [3.63, 3.8) is 0 Å². The summed E-state index contributed by atoms with van der Waals surface area (Å²) in [7, 11) is 0. The van der Waals surface area contributed by atoms with Crippen LogP contribution in [-0.4, -0.2) is 21.6 Å². The summed E-state index contributed by atoms with van der Waals surface area (Å²) in [4.78, 5) is 12.0. The molecule has 1 N–H and O–H groups in total. The van der Waals surface area contributed by atoms with Crippen LogP contribution < -0.4 is 10.1 Å². The summed E-state index contributed by atoms with van der Waals surface area (Å²) in [6.45, 7) is 1.87. The van der Waals surface area contributed by atoms with E-state index in [-0.39, 0.29) is 35.6 Å². The molecule has 0 unspecified atom stereocenters. The van der Waals surface area contributed by atoms with Crippen molar-refractivity contribution >= 4 is 11.6 Å². The van der Waals surface area contributed by atoms with Gasteiger partial charge in [-0.1, -0.05) is 6.07 Å². The molecule has 0 fully saturated rings. The SMILES string of the molecule is CCOc1nc(Nc2cccc(C(F)(F)F)c2)nc(-c2cc(F)cc(F)c2)n1. The Morgan fingerprint density at radius 1 is 0.964 bits per heavy atom. The summed E-state index contributed by atoms with van der Waals surface area (Å²) >= 11 is 0. The van der Waals surface area contributed by atoms with Gasteiger partial charge in [-0.25, -0.2) is 8.78 Å². The van der Waals surface area contributed by atoms with Gasteiger partial charge in [0.1, 0.15) is 11.6 Å². The number of aromatic nitrogens is 3. The fourth-order valence-electron chi connectivity index (χ4n) is 2.32. The van der Waals surface area contributed by atoms with E-state index in [0.717, 1.165) is 24.3 Å². The lowest BCUT2D eigenvalue weighted by Gasteiger charge is -2.11. The first-order valence-corrected chi connectivity index (χ1v) is 8.04. The monoisotopic (exact) mass is 396 g/mol. The molecule has 0 amide bonds. The van der Waals surface area contributed by atoms with Crippen LogP contribution in [-0.2, 0) is 6.18 Å². The van der Waals surface area contributed by atoms with Gasteiger partial charge in [-0.15, -0.1) is 0 Å². The van der Waals surface area contributed by atoms with Crippen molar-refractivity contribution in [2.45, 2.75) is 13.1 Å². The van der Waals surface area contributed by atoms with Gasteiger partial charge in [-0.2, -0.15) is 28.1 Å². The molecule has 0 aliphatic rings. The number of hydrogen-bond acceptors (Lipinski definition) is 5. The van der Waals surface area contributed by atoms with Gasteiger partial charge in [0.25, 0.3) is 0 Å². The number of nitrogens with one attached hydrogen (secondary N) is 1. The highest BCUT2D eigenvalue weighted by Crippen LogP contribution is 2.31. The lowest BCUT2D eigenvalue weighted by atomic mass is 10.2. The second-order valence-electron chi connectivity index (χ2n) is 5.56. The highest BCUT2D eigenvalue weighted by atomic mass is 19.4. The molecule has 1 heterocycles. The van der Waals surface area contributed by atoms with Crippen molar-refractivity contribution in [3.05, 3.63) is 59.7 Å². The number of ether oxygens (including phenoxy) is 1. The van der Waals surface area contributed by atoms with Crippen LogP contribution in [0.1, 0.15) is 12.5 Å². The number of nitrogens with zero attached hydrogens (tertiary/aromatic N) is 3. The predicted molar refractivity (Wildman–Crippen MR) is 91.1 cm³/mol. The fraction of sp³-hybridized carbons (Fsp3) is 0.167. The van der Waals surface area contributed by atoms with Crippen LogP contribution in [0.3, 0.4) is 0 Å². The van der Waals surface area contributed by atoms with E-state index in [1.165, 1.54) is 12.1 Å². The first kappa shape index (κ1) is 19.5. The number of halogens is 5. The van der Waals surface area contributed by atoms with Gasteiger partial charge in [0.15, 0.2) is 5.82 Å². The normalized spacial score (nSPS) is 11.4. The van der Waals surface area contributed by atoms with Gasteiger partial charge in [0.2, 0.25) is 5.95 Å². The van der Waals surface area contributed by atoms with Gasteiger partial charge >= 0.3 is 12.2 Å². The zero-order valence-corrected chi connectivity index (χ0v) is 14.4. The van der Waals surface area contributed by atoms with Crippen LogP contribution in [0.15, 0.2) is 42.5 Å². The molecule has 0 atom stereocenters. The summed E-state index contributed by atoms with van der Waals surface area (Å²) in [6.07, 6.45) is -4.52. The first-order chi connectivity index (χ1) is 13.2. The standard InChI is InChI=1S/C18H13F5N4O/c1-2-28-17-26-15(10-6-12(19)9-13(20)7-10)25-16(27-17)24-14-5-3-4-11(8-14)18(21,22)23/h3-9H,2H2,1H3,(H,24,25,26,27). The van der Waals surface area contributed by atoms with E-state index in [4.69, 9.17) is 4.74 Å². The second-order valence-corrected chi connectivity index (χ2v) is 5.56. The minimum Gasteiger partial charge on any atom is -0.464 e. The first-order valence-electron chi connectivity index (χ1n) is 8.04. The molecule has 1 aromatic heterocycles. The third-order valence-corrected chi connectivity index (χ3v) is 3.46. The molecule has 0 aliphatic carbocycles. The minimum atomic E-state index is -4.52. The molecule has 0 radical (unpaired) electrons. The Balaban J connectivity index is 2.00. The smallest absolute Gasteiger partial charge is 0.416 e. The van der Waals surface area contributed by atoms with Crippen molar-refractivity contribution in [2.75, 3.05) is 11.9 Å². The average molecular weight is 396 g/mol. The Labute approximate surface area is 156 Å². The molecular weight excluding hydrogens is 383 g/mol. The zero-order chi connectivity index (χ0) is 20.3. The van der Waals surface area contributed by atoms with E-state index in [1.54, 1.807) is 6.92 Å². The minimum absolute atomic E-state index is 0.0212. The van der Waals surface area contributed by atoms with Gasteiger partial charge in [0, 0.05) is 17.3 Å². The molecule has 2 aromatic carbocycles. The van der Waals surface area contributed by atoms with Crippen molar-refractivity contribution in [2.24, 2.45) is 0 Å². The lowest BCUT2D eigenvalue weighted by Crippen LogP contribution is -2.07. The molecule has 146 valence electrons. The van der Waals surface area contributed by atoms with Crippen molar-refractivity contribution in [1.82, 2.24) is 15.0 Å². The zero-order valence-electron chi connectivity index (χ0n) is 14.4.